The number of carbonyl (C=O) groups is 1. The molecule has 2 unspecified atom stereocenters. The summed E-state index contributed by atoms with van der Waals surface area (Å²) >= 11 is 0. The van der Waals surface area contributed by atoms with Gasteiger partial charge < -0.3 is 9.84 Å². The minimum Gasteiger partial charge on any atom is -0.496 e. The number of rotatable bonds is 5. The first-order valence-corrected chi connectivity index (χ1v) is 11.4. The highest BCUT2D eigenvalue weighted by molar-refractivity contribution is 5.82. The van der Waals surface area contributed by atoms with Gasteiger partial charge in [-0.05, 0) is 80.2 Å². The average Bonchev–Trinajstić information content (AvgIpc) is 2.72. The van der Waals surface area contributed by atoms with Crippen LogP contribution in [0.1, 0.15) is 62.5 Å². The van der Waals surface area contributed by atoms with Crippen molar-refractivity contribution in [3.05, 3.63) is 65.8 Å². The van der Waals surface area contributed by atoms with Gasteiger partial charge in [0.25, 0.3) is 0 Å². The number of ether oxygens (including phenoxy) is 1. The Labute approximate surface area is 179 Å². The van der Waals surface area contributed by atoms with Gasteiger partial charge in [0.05, 0.1) is 7.11 Å². The summed E-state index contributed by atoms with van der Waals surface area (Å²) in [6.45, 7) is 1.88. The fraction of sp³-hybridized carbons (Fsp3) is 0.519. The highest BCUT2D eigenvalue weighted by Crippen LogP contribution is 2.62. The highest BCUT2D eigenvalue weighted by atomic mass is 16.5. The van der Waals surface area contributed by atoms with E-state index in [9.17, 15) is 9.90 Å². The molecule has 2 atom stereocenters. The molecule has 0 spiro atoms. The van der Waals surface area contributed by atoms with Crippen molar-refractivity contribution >= 4 is 5.97 Å². The molecule has 6 rings (SSSR count). The number of methoxy groups -OCH3 is 1. The standard InChI is InChI=1S/C27H32O3/c1-3-9-27(25(28)29)10-5-4-6-22(27)21-7-8-23(24(14-21)30-2)26-15-18-11-19(16-26)13-20(12-18)17-26/h3-10,14,18-20,22H,11-13,15-17H2,1-2H3,(H,28,29). The molecule has 30 heavy (non-hydrogen) atoms. The molecule has 4 bridgehead atoms. The Morgan fingerprint density at radius 1 is 1.10 bits per heavy atom. The minimum atomic E-state index is -1.06. The van der Waals surface area contributed by atoms with Crippen LogP contribution in [0.2, 0.25) is 0 Å². The predicted molar refractivity (Wildman–Crippen MR) is 119 cm³/mol. The molecule has 4 fully saturated rings. The summed E-state index contributed by atoms with van der Waals surface area (Å²) in [6.07, 6.45) is 19.4. The van der Waals surface area contributed by atoms with Gasteiger partial charge in [0.1, 0.15) is 11.2 Å². The summed E-state index contributed by atoms with van der Waals surface area (Å²) in [7, 11) is 1.76. The number of hydrogen-bond acceptors (Lipinski definition) is 2. The van der Waals surface area contributed by atoms with Crippen molar-refractivity contribution in [1.82, 2.24) is 0 Å². The summed E-state index contributed by atoms with van der Waals surface area (Å²) in [5, 5.41) is 10.1. The van der Waals surface area contributed by atoms with Crippen LogP contribution >= 0.6 is 0 Å². The lowest BCUT2D eigenvalue weighted by atomic mass is 9.48. The summed E-state index contributed by atoms with van der Waals surface area (Å²) in [5.41, 5.74) is 1.56. The maximum absolute atomic E-state index is 12.3. The highest BCUT2D eigenvalue weighted by Gasteiger charge is 2.52. The molecule has 3 nitrogen and oxygen atoms in total. The molecule has 0 saturated heterocycles. The van der Waals surface area contributed by atoms with E-state index in [1.165, 1.54) is 44.1 Å². The maximum atomic E-state index is 12.3. The molecule has 0 radical (unpaired) electrons. The summed E-state index contributed by atoms with van der Waals surface area (Å²) in [4.78, 5) is 12.3. The van der Waals surface area contributed by atoms with E-state index in [0.29, 0.717) is 0 Å². The van der Waals surface area contributed by atoms with Gasteiger partial charge in [-0.1, -0.05) is 48.6 Å². The van der Waals surface area contributed by atoms with E-state index in [2.05, 4.69) is 18.2 Å². The molecule has 5 aliphatic carbocycles. The van der Waals surface area contributed by atoms with Crippen molar-refractivity contribution in [3.63, 3.8) is 0 Å². The third-order valence-electron chi connectivity index (χ3n) is 8.31. The summed E-state index contributed by atoms with van der Waals surface area (Å²) in [5.74, 6) is 2.49. The Morgan fingerprint density at radius 2 is 1.77 bits per heavy atom. The summed E-state index contributed by atoms with van der Waals surface area (Å²) < 4.78 is 5.95. The molecular weight excluding hydrogens is 372 g/mol. The minimum absolute atomic E-state index is 0.254. The number of allylic oxidation sites excluding steroid dienone is 4. The van der Waals surface area contributed by atoms with E-state index >= 15 is 0 Å². The van der Waals surface area contributed by atoms with Gasteiger partial charge in [-0.15, -0.1) is 0 Å². The lowest BCUT2D eigenvalue weighted by molar-refractivity contribution is -0.144. The van der Waals surface area contributed by atoms with E-state index in [1.807, 2.05) is 31.2 Å². The fourth-order valence-corrected chi connectivity index (χ4v) is 7.53. The zero-order chi connectivity index (χ0) is 20.9. The van der Waals surface area contributed by atoms with Crippen molar-refractivity contribution < 1.29 is 14.6 Å². The van der Waals surface area contributed by atoms with E-state index < -0.39 is 11.4 Å². The quantitative estimate of drug-likeness (QED) is 0.611. The van der Waals surface area contributed by atoms with E-state index in [-0.39, 0.29) is 11.3 Å². The second-order valence-corrected chi connectivity index (χ2v) is 10.1. The molecule has 1 aromatic rings. The molecule has 0 amide bonds. The largest absolute Gasteiger partial charge is 0.496 e. The Hall–Kier alpha value is -2.29. The Bertz CT molecular complexity index is 902. The Morgan fingerprint density at radius 3 is 2.33 bits per heavy atom. The van der Waals surface area contributed by atoms with Crippen molar-refractivity contribution in [2.24, 2.45) is 23.2 Å². The lowest BCUT2D eigenvalue weighted by Crippen LogP contribution is -2.48. The zero-order valence-electron chi connectivity index (χ0n) is 18.0. The van der Waals surface area contributed by atoms with Gasteiger partial charge in [0.15, 0.2) is 0 Å². The van der Waals surface area contributed by atoms with E-state index in [4.69, 9.17) is 4.74 Å². The third kappa shape index (κ3) is 2.89. The average molecular weight is 405 g/mol. The molecule has 3 heteroatoms. The van der Waals surface area contributed by atoms with E-state index in [0.717, 1.165) is 29.1 Å². The van der Waals surface area contributed by atoms with Crippen LogP contribution in [-0.2, 0) is 10.2 Å². The van der Waals surface area contributed by atoms with Crippen molar-refractivity contribution in [2.45, 2.75) is 56.8 Å². The lowest BCUT2D eigenvalue weighted by Gasteiger charge is -2.57. The predicted octanol–water partition coefficient (Wildman–Crippen LogP) is 6.02. The topological polar surface area (TPSA) is 46.5 Å². The van der Waals surface area contributed by atoms with Gasteiger partial charge in [-0.2, -0.15) is 0 Å². The van der Waals surface area contributed by atoms with Crippen LogP contribution in [0.3, 0.4) is 0 Å². The molecule has 1 N–H and O–H groups in total. The van der Waals surface area contributed by atoms with Crippen molar-refractivity contribution in [1.29, 1.82) is 0 Å². The van der Waals surface area contributed by atoms with Gasteiger partial charge in [0, 0.05) is 11.5 Å². The van der Waals surface area contributed by atoms with Crippen LogP contribution in [0.15, 0.2) is 54.7 Å². The molecule has 5 aliphatic rings. The van der Waals surface area contributed by atoms with Crippen molar-refractivity contribution in [3.8, 4) is 5.75 Å². The van der Waals surface area contributed by atoms with Crippen LogP contribution in [-0.4, -0.2) is 18.2 Å². The van der Waals surface area contributed by atoms with E-state index in [1.54, 1.807) is 19.3 Å². The second-order valence-electron chi connectivity index (χ2n) is 10.1. The number of hydrogen-bond donors (Lipinski definition) is 1. The van der Waals surface area contributed by atoms with Crippen LogP contribution in [0.5, 0.6) is 5.75 Å². The molecular formula is C27H32O3. The Balaban J connectivity index is 1.56. The normalized spacial score (nSPS) is 39.0. The molecule has 1 aromatic carbocycles. The number of carboxylic acid groups (broad SMARTS) is 1. The van der Waals surface area contributed by atoms with Gasteiger partial charge in [-0.3, -0.25) is 4.79 Å². The molecule has 0 aliphatic heterocycles. The Kier molecular flexibility index (Phi) is 4.68. The molecule has 158 valence electrons. The molecule has 4 saturated carbocycles. The maximum Gasteiger partial charge on any atom is 0.318 e. The van der Waals surface area contributed by atoms with Gasteiger partial charge >= 0.3 is 5.97 Å². The smallest absolute Gasteiger partial charge is 0.318 e. The first-order valence-electron chi connectivity index (χ1n) is 11.4. The van der Waals surface area contributed by atoms with Crippen LogP contribution in [0.4, 0.5) is 0 Å². The van der Waals surface area contributed by atoms with Gasteiger partial charge in [0.2, 0.25) is 0 Å². The van der Waals surface area contributed by atoms with Gasteiger partial charge in [-0.25, -0.2) is 0 Å². The van der Waals surface area contributed by atoms with Crippen molar-refractivity contribution in [2.75, 3.05) is 7.11 Å². The fourth-order valence-electron chi connectivity index (χ4n) is 7.53. The second kappa shape index (κ2) is 7.14. The number of carboxylic acids is 1. The monoisotopic (exact) mass is 404 g/mol. The summed E-state index contributed by atoms with van der Waals surface area (Å²) in [6, 6.07) is 6.53. The van der Waals surface area contributed by atoms with Crippen LogP contribution in [0.25, 0.3) is 0 Å². The first kappa shape index (κ1) is 19.7. The first-order chi connectivity index (χ1) is 14.5. The van der Waals surface area contributed by atoms with Crippen LogP contribution in [0, 0.1) is 23.2 Å². The number of aliphatic carboxylic acids is 1. The molecule has 0 heterocycles. The third-order valence-corrected chi connectivity index (χ3v) is 8.31. The number of benzene rings is 1. The molecule has 0 aromatic heterocycles. The van der Waals surface area contributed by atoms with Crippen LogP contribution < -0.4 is 4.74 Å². The zero-order valence-corrected chi connectivity index (χ0v) is 18.0. The SMILES string of the molecule is CC=CC1(C(=O)O)C=CC=CC1c1ccc(C23CC4CC(CC(C4)C2)C3)c(OC)c1.